The van der Waals surface area contributed by atoms with Gasteiger partial charge in [-0.05, 0) is 32.9 Å². The third kappa shape index (κ3) is 3.04. The predicted molar refractivity (Wildman–Crippen MR) is 69.5 cm³/mol. The second-order valence-electron chi connectivity index (χ2n) is 4.37. The standard InChI is InChI=1S/C15H14ClFI/c1-9-6-10(2)15(11(3)7-9)18-12-4-5-14(17)13(16)8-12/h4-8H,1-3H3/q+1. The Hall–Kier alpha value is -0.610. The van der Waals surface area contributed by atoms with Gasteiger partial charge >= 0.3 is 21.2 Å². The molecule has 0 atom stereocenters. The fraction of sp³-hybridized carbons (Fsp3) is 0.200. The molecule has 0 N–H and O–H groups in total. The molecule has 0 spiro atoms. The number of aryl methyl sites for hydroxylation is 3. The highest BCUT2D eigenvalue weighted by Gasteiger charge is 2.22. The van der Waals surface area contributed by atoms with E-state index in [0.717, 1.165) is 3.57 Å². The van der Waals surface area contributed by atoms with Crippen molar-refractivity contribution in [2.24, 2.45) is 0 Å². The van der Waals surface area contributed by atoms with Gasteiger partial charge in [0.1, 0.15) is 5.82 Å². The monoisotopic (exact) mass is 375 g/mol. The van der Waals surface area contributed by atoms with Gasteiger partial charge < -0.3 is 0 Å². The average Bonchev–Trinajstić information content (AvgIpc) is 2.28. The second-order valence-corrected chi connectivity index (χ2v) is 7.64. The van der Waals surface area contributed by atoms with Crippen molar-refractivity contribution in [3.05, 3.63) is 65.0 Å². The van der Waals surface area contributed by atoms with Gasteiger partial charge in [-0.15, -0.1) is 0 Å². The molecule has 0 amide bonds. The van der Waals surface area contributed by atoms with E-state index in [-0.39, 0.29) is 32.0 Å². The molecule has 94 valence electrons. The van der Waals surface area contributed by atoms with Crippen LogP contribution in [-0.2, 0) is 0 Å². The minimum absolute atomic E-state index is 0.217. The van der Waals surface area contributed by atoms with E-state index in [0.29, 0.717) is 0 Å². The van der Waals surface area contributed by atoms with Gasteiger partial charge in [-0.25, -0.2) is 4.39 Å². The van der Waals surface area contributed by atoms with Crippen molar-refractivity contribution in [3.8, 4) is 0 Å². The Labute approximate surface area is 122 Å². The van der Waals surface area contributed by atoms with Gasteiger partial charge in [0.15, 0.2) is 7.14 Å². The van der Waals surface area contributed by atoms with Gasteiger partial charge in [0, 0.05) is 17.2 Å². The Morgan fingerprint density at radius 3 is 2.17 bits per heavy atom. The molecule has 2 rings (SSSR count). The van der Waals surface area contributed by atoms with Crippen LogP contribution < -0.4 is 21.2 Å². The lowest BCUT2D eigenvalue weighted by Gasteiger charge is -2.01. The largest absolute Gasteiger partial charge is 0.358 e. The predicted octanol–water partition coefficient (Wildman–Crippen LogP) is 1.53. The van der Waals surface area contributed by atoms with Crippen molar-refractivity contribution in [1.29, 1.82) is 0 Å². The van der Waals surface area contributed by atoms with E-state index < -0.39 is 0 Å². The molecule has 18 heavy (non-hydrogen) atoms. The molecule has 0 fully saturated rings. The number of benzene rings is 2. The molecule has 0 aliphatic rings. The van der Waals surface area contributed by atoms with Crippen molar-refractivity contribution in [2.45, 2.75) is 20.8 Å². The van der Waals surface area contributed by atoms with E-state index in [4.69, 9.17) is 11.6 Å². The molecule has 0 aliphatic carbocycles. The Morgan fingerprint density at radius 1 is 1.00 bits per heavy atom. The summed E-state index contributed by atoms with van der Waals surface area (Å²) in [5.41, 5.74) is 3.93. The molecule has 0 radical (unpaired) electrons. The smallest absolute Gasteiger partial charge is 0.205 e. The van der Waals surface area contributed by atoms with E-state index in [1.807, 2.05) is 6.07 Å². The van der Waals surface area contributed by atoms with Crippen LogP contribution in [0.2, 0.25) is 5.02 Å². The molecule has 0 nitrogen and oxygen atoms in total. The van der Waals surface area contributed by atoms with Crippen molar-refractivity contribution in [2.75, 3.05) is 0 Å². The minimum Gasteiger partial charge on any atom is -0.205 e. The molecule has 2 aromatic carbocycles. The maximum Gasteiger partial charge on any atom is 0.358 e. The summed E-state index contributed by atoms with van der Waals surface area (Å²) in [5.74, 6) is -0.346. The topological polar surface area (TPSA) is 0 Å². The highest BCUT2D eigenvalue weighted by atomic mass is 127. The summed E-state index contributed by atoms with van der Waals surface area (Å²) in [6.07, 6.45) is 0. The average molecular weight is 376 g/mol. The fourth-order valence-corrected chi connectivity index (χ4v) is 4.93. The summed E-state index contributed by atoms with van der Waals surface area (Å²) in [5, 5.41) is 0.217. The molecule has 3 heteroatoms. The van der Waals surface area contributed by atoms with Crippen molar-refractivity contribution < 1.29 is 25.6 Å². The fourth-order valence-electron chi connectivity index (χ4n) is 1.95. The van der Waals surface area contributed by atoms with Gasteiger partial charge in [-0.3, -0.25) is 0 Å². The van der Waals surface area contributed by atoms with Crippen LogP contribution in [0.25, 0.3) is 0 Å². The molecule has 0 heterocycles. The van der Waals surface area contributed by atoms with Crippen LogP contribution in [-0.4, -0.2) is 0 Å². The van der Waals surface area contributed by atoms with Gasteiger partial charge in [-0.1, -0.05) is 29.3 Å². The van der Waals surface area contributed by atoms with E-state index >= 15 is 0 Å². The van der Waals surface area contributed by atoms with Crippen LogP contribution in [0, 0.1) is 33.7 Å². The molecule has 0 unspecified atom stereocenters. The van der Waals surface area contributed by atoms with Crippen LogP contribution in [0.3, 0.4) is 0 Å². The lowest BCUT2D eigenvalue weighted by Crippen LogP contribution is -3.62. The van der Waals surface area contributed by atoms with Gasteiger partial charge in [0.25, 0.3) is 0 Å². The lowest BCUT2D eigenvalue weighted by atomic mass is 10.1. The summed E-state index contributed by atoms with van der Waals surface area (Å²) in [6, 6.07) is 9.45. The summed E-state index contributed by atoms with van der Waals surface area (Å²) < 4.78 is 15.7. The number of hydrogen-bond acceptors (Lipinski definition) is 0. The van der Waals surface area contributed by atoms with Crippen LogP contribution in [0.5, 0.6) is 0 Å². The molecule has 0 aromatic heterocycles. The first-order valence-corrected chi connectivity index (χ1v) is 8.18. The lowest BCUT2D eigenvalue weighted by molar-refractivity contribution is -0.598. The second kappa shape index (κ2) is 5.57. The first-order valence-electron chi connectivity index (χ1n) is 5.65. The van der Waals surface area contributed by atoms with Crippen molar-refractivity contribution in [1.82, 2.24) is 0 Å². The van der Waals surface area contributed by atoms with Crippen LogP contribution in [0.4, 0.5) is 4.39 Å². The quantitative estimate of drug-likeness (QED) is 0.552. The number of rotatable bonds is 2. The van der Waals surface area contributed by atoms with E-state index in [1.54, 1.807) is 6.07 Å². The third-order valence-electron chi connectivity index (χ3n) is 2.67. The SMILES string of the molecule is Cc1cc(C)c([I+]c2ccc(F)c(Cl)c2)c(C)c1. The highest BCUT2D eigenvalue weighted by Crippen LogP contribution is 2.12. The Balaban J connectivity index is 2.37. The molecule has 0 saturated carbocycles. The first kappa shape index (κ1) is 13.8. The first-order chi connectivity index (χ1) is 8.47. The van der Waals surface area contributed by atoms with Gasteiger partial charge in [0.2, 0.25) is 0 Å². The van der Waals surface area contributed by atoms with Crippen molar-refractivity contribution >= 4 is 11.6 Å². The zero-order valence-corrected chi connectivity index (χ0v) is 13.4. The van der Waals surface area contributed by atoms with E-state index in [2.05, 4.69) is 32.9 Å². The van der Waals surface area contributed by atoms with E-state index in [1.165, 1.54) is 26.3 Å². The minimum atomic E-state index is -0.346. The van der Waals surface area contributed by atoms with Gasteiger partial charge in [-0.2, -0.15) is 0 Å². The molecule has 0 aliphatic heterocycles. The Kier molecular flexibility index (Phi) is 4.28. The molecule has 2 aromatic rings. The normalized spacial score (nSPS) is 10.7. The van der Waals surface area contributed by atoms with Crippen LogP contribution >= 0.6 is 11.6 Å². The maximum atomic E-state index is 13.1. The van der Waals surface area contributed by atoms with E-state index in [9.17, 15) is 4.39 Å². The molecule has 0 saturated heterocycles. The van der Waals surface area contributed by atoms with Crippen molar-refractivity contribution in [3.63, 3.8) is 0 Å². The summed E-state index contributed by atoms with van der Waals surface area (Å²) in [7, 11) is 0. The Morgan fingerprint density at radius 2 is 1.61 bits per heavy atom. The van der Waals surface area contributed by atoms with Crippen LogP contribution in [0.1, 0.15) is 16.7 Å². The highest BCUT2D eigenvalue weighted by molar-refractivity contribution is 6.30. The molecule has 0 bridgehead atoms. The zero-order chi connectivity index (χ0) is 13.3. The summed E-state index contributed by atoms with van der Waals surface area (Å²) in [4.78, 5) is 0. The number of halogens is 3. The molecular formula is C15H14ClFI+. The van der Waals surface area contributed by atoms with Gasteiger partial charge in [0.05, 0.1) is 5.02 Å². The zero-order valence-electron chi connectivity index (χ0n) is 10.5. The number of hydrogen-bond donors (Lipinski definition) is 0. The Bertz CT molecular complexity index is 570. The third-order valence-corrected chi connectivity index (χ3v) is 6.49. The maximum absolute atomic E-state index is 13.1. The molecular weight excluding hydrogens is 362 g/mol. The van der Waals surface area contributed by atoms with Crippen LogP contribution in [0.15, 0.2) is 30.3 Å². The summed E-state index contributed by atoms with van der Waals surface area (Å²) in [6.45, 7) is 6.39. The summed E-state index contributed by atoms with van der Waals surface area (Å²) >= 11 is 5.52.